The van der Waals surface area contributed by atoms with Crippen LogP contribution < -0.4 is 11.1 Å². The molecule has 2 amide bonds. The third kappa shape index (κ3) is 2.42. The number of halogens is 1. The van der Waals surface area contributed by atoms with Crippen LogP contribution in [0.15, 0.2) is 33.7 Å². The van der Waals surface area contributed by atoms with Crippen molar-refractivity contribution in [2.45, 2.75) is 5.92 Å². The van der Waals surface area contributed by atoms with E-state index in [1.165, 1.54) is 0 Å². The number of amidine groups is 1. The maximum Gasteiger partial charge on any atom is 0.264 e. The van der Waals surface area contributed by atoms with Crippen LogP contribution in [0.25, 0.3) is 0 Å². The van der Waals surface area contributed by atoms with Crippen LogP contribution in [-0.4, -0.2) is 24.2 Å². The summed E-state index contributed by atoms with van der Waals surface area (Å²) in [6, 6.07) is 7.03. The second-order valence-electron chi connectivity index (χ2n) is 3.58. The van der Waals surface area contributed by atoms with Gasteiger partial charge in [-0.15, -0.1) is 0 Å². The summed E-state index contributed by atoms with van der Waals surface area (Å²) in [6.45, 7) is 0.0443. The Hall–Kier alpha value is -1.53. The number of amides is 2. The molecular weight excluding hydrogens is 286 g/mol. The highest BCUT2D eigenvalue weighted by Gasteiger charge is 2.32. The molecule has 1 aromatic rings. The van der Waals surface area contributed by atoms with Crippen LogP contribution >= 0.6 is 15.9 Å². The summed E-state index contributed by atoms with van der Waals surface area (Å²) in [6.07, 6.45) is 0. The van der Waals surface area contributed by atoms with Crippen LogP contribution in [0.2, 0.25) is 0 Å². The Morgan fingerprint density at radius 3 is 2.76 bits per heavy atom. The Bertz CT molecular complexity index is 513. The molecule has 2 rings (SSSR count). The molecule has 1 aliphatic rings. The van der Waals surface area contributed by atoms with Crippen LogP contribution in [0.4, 0.5) is 0 Å². The number of nitrogens with two attached hydrogens (primary N) is 1. The highest BCUT2D eigenvalue weighted by Crippen LogP contribution is 2.23. The minimum Gasteiger partial charge on any atom is -0.324 e. The fraction of sp³-hybridized carbons (Fsp3) is 0.182. The SMILES string of the molecule is NCC1=NC(=O)C(c2cccc(Br)c2)C(=O)N1. The molecule has 3 N–H and O–H groups in total. The van der Waals surface area contributed by atoms with Gasteiger partial charge >= 0.3 is 0 Å². The highest BCUT2D eigenvalue weighted by molar-refractivity contribution is 9.10. The Balaban J connectivity index is 2.37. The maximum absolute atomic E-state index is 11.8. The molecule has 0 aliphatic carbocycles. The summed E-state index contributed by atoms with van der Waals surface area (Å²) in [5.74, 6) is -1.54. The van der Waals surface area contributed by atoms with Gasteiger partial charge < -0.3 is 11.1 Å². The van der Waals surface area contributed by atoms with E-state index in [0.717, 1.165) is 4.47 Å². The number of nitrogens with zero attached hydrogens (tertiary/aromatic N) is 1. The molecule has 0 saturated heterocycles. The lowest BCUT2D eigenvalue weighted by atomic mass is 9.96. The van der Waals surface area contributed by atoms with Gasteiger partial charge in [-0.3, -0.25) is 9.59 Å². The lowest BCUT2D eigenvalue weighted by Crippen LogP contribution is -2.45. The first-order chi connectivity index (χ1) is 8.11. The summed E-state index contributed by atoms with van der Waals surface area (Å²) < 4.78 is 0.809. The molecule has 1 atom stereocenters. The van der Waals surface area contributed by atoms with Gasteiger partial charge in [0.1, 0.15) is 11.8 Å². The van der Waals surface area contributed by atoms with E-state index in [9.17, 15) is 9.59 Å². The maximum atomic E-state index is 11.8. The monoisotopic (exact) mass is 295 g/mol. The minimum absolute atomic E-state index is 0.0443. The molecular formula is C11H10BrN3O2. The fourth-order valence-corrected chi connectivity index (χ4v) is 2.05. The molecule has 6 heteroatoms. The van der Waals surface area contributed by atoms with Gasteiger partial charge in [-0.05, 0) is 17.7 Å². The van der Waals surface area contributed by atoms with Crippen molar-refractivity contribution in [1.29, 1.82) is 0 Å². The second-order valence-corrected chi connectivity index (χ2v) is 4.49. The summed E-state index contributed by atoms with van der Waals surface area (Å²) in [4.78, 5) is 27.3. The van der Waals surface area contributed by atoms with E-state index < -0.39 is 11.8 Å². The molecule has 17 heavy (non-hydrogen) atoms. The van der Waals surface area contributed by atoms with Crippen molar-refractivity contribution in [3.8, 4) is 0 Å². The first-order valence-corrected chi connectivity index (χ1v) is 5.79. The van der Waals surface area contributed by atoms with Gasteiger partial charge in [0.15, 0.2) is 0 Å². The number of carbonyl (C=O) groups is 2. The molecule has 0 bridgehead atoms. The number of carbonyl (C=O) groups excluding carboxylic acids is 2. The van der Waals surface area contributed by atoms with Gasteiger partial charge in [0.25, 0.3) is 5.91 Å². The molecule has 0 radical (unpaired) electrons. The van der Waals surface area contributed by atoms with E-state index in [4.69, 9.17) is 5.73 Å². The Morgan fingerprint density at radius 1 is 1.41 bits per heavy atom. The van der Waals surface area contributed by atoms with Crippen molar-refractivity contribution in [2.75, 3.05) is 6.54 Å². The zero-order chi connectivity index (χ0) is 12.4. The van der Waals surface area contributed by atoms with Crippen LogP contribution in [0.1, 0.15) is 11.5 Å². The number of hydrogen-bond acceptors (Lipinski definition) is 3. The zero-order valence-electron chi connectivity index (χ0n) is 8.81. The Labute approximate surface area is 106 Å². The molecule has 1 aromatic carbocycles. The number of benzene rings is 1. The van der Waals surface area contributed by atoms with Crippen molar-refractivity contribution in [3.05, 3.63) is 34.3 Å². The van der Waals surface area contributed by atoms with Gasteiger partial charge in [-0.2, -0.15) is 4.99 Å². The minimum atomic E-state index is -0.886. The average molecular weight is 296 g/mol. The molecule has 1 aliphatic heterocycles. The van der Waals surface area contributed by atoms with Gasteiger partial charge in [0.2, 0.25) is 5.91 Å². The second kappa shape index (κ2) is 4.77. The molecule has 0 saturated carbocycles. The van der Waals surface area contributed by atoms with E-state index in [1.807, 2.05) is 6.07 Å². The Morgan fingerprint density at radius 2 is 2.18 bits per heavy atom. The van der Waals surface area contributed by atoms with Crippen LogP contribution in [0, 0.1) is 0 Å². The normalized spacial score (nSPS) is 19.9. The van der Waals surface area contributed by atoms with Crippen LogP contribution in [0.3, 0.4) is 0 Å². The van der Waals surface area contributed by atoms with Crippen molar-refractivity contribution < 1.29 is 9.59 Å². The van der Waals surface area contributed by atoms with Gasteiger partial charge in [-0.25, -0.2) is 0 Å². The van der Waals surface area contributed by atoms with Gasteiger partial charge in [0, 0.05) is 4.47 Å². The van der Waals surface area contributed by atoms with E-state index in [1.54, 1.807) is 18.2 Å². The molecule has 88 valence electrons. The van der Waals surface area contributed by atoms with Crippen LogP contribution in [-0.2, 0) is 9.59 Å². The highest BCUT2D eigenvalue weighted by atomic mass is 79.9. The van der Waals surface area contributed by atoms with Crippen LogP contribution in [0.5, 0.6) is 0 Å². The van der Waals surface area contributed by atoms with Crippen molar-refractivity contribution in [3.63, 3.8) is 0 Å². The summed E-state index contributed by atoms with van der Waals surface area (Å²) >= 11 is 3.30. The topological polar surface area (TPSA) is 84.5 Å². The van der Waals surface area contributed by atoms with Crippen molar-refractivity contribution in [1.82, 2.24) is 5.32 Å². The number of aliphatic imine (C=N–C) groups is 1. The molecule has 5 nitrogen and oxygen atoms in total. The van der Waals surface area contributed by atoms with Gasteiger partial charge in [-0.1, -0.05) is 28.1 Å². The quantitative estimate of drug-likeness (QED) is 0.781. The third-order valence-corrected chi connectivity index (χ3v) is 2.89. The smallest absolute Gasteiger partial charge is 0.264 e. The first-order valence-electron chi connectivity index (χ1n) is 4.99. The first kappa shape index (κ1) is 11.9. The van der Waals surface area contributed by atoms with E-state index in [0.29, 0.717) is 5.56 Å². The van der Waals surface area contributed by atoms with E-state index in [2.05, 4.69) is 26.2 Å². The summed E-state index contributed by atoms with van der Waals surface area (Å²) in [7, 11) is 0. The molecule has 0 aromatic heterocycles. The molecule has 0 spiro atoms. The largest absolute Gasteiger partial charge is 0.324 e. The summed E-state index contributed by atoms with van der Waals surface area (Å²) in [5.41, 5.74) is 5.94. The molecule has 1 unspecified atom stereocenters. The van der Waals surface area contributed by atoms with Gasteiger partial charge in [0.05, 0.1) is 6.54 Å². The fourth-order valence-electron chi connectivity index (χ4n) is 1.63. The summed E-state index contributed by atoms with van der Waals surface area (Å²) in [5, 5.41) is 2.51. The predicted molar refractivity (Wildman–Crippen MR) is 66.5 cm³/mol. The zero-order valence-corrected chi connectivity index (χ0v) is 10.4. The van der Waals surface area contributed by atoms with Crippen molar-refractivity contribution in [2.24, 2.45) is 10.7 Å². The lowest BCUT2D eigenvalue weighted by Gasteiger charge is -2.19. The third-order valence-electron chi connectivity index (χ3n) is 2.40. The Kier molecular flexibility index (Phi) is 3.35. The van der Waals surface area contributed by atoms with E-state index in [-0.39, 0.29) is 18.3 Å². The van der Waals surface area contributed by atoms with Crippen molar-refractivity contribution >= 4 is 33.6 Å². The average Bonchev–Trinajstić information content (AvgIpc) is 2.28. The predicted octanol–water partition coefficient (Wildman–Crippen LogP) is 0.546. The number of hydrogen-bond donors (Lipinski definition) is 2. The number of rotatable bonds is 2. The number of nitrogens with one attached hydrogen (secondary N) is 1. The lowest BCUT2D eigenvalue weighted by molar-refractivity contribution is -0.129. The standard InChI is InChI=1S/C11H10BrN3O2/c12-7-3-1-2-6(4-7)9-10(16)14-8(5-13)15-11(9)17/h1-4,9H,5,13H2,(H,14,15,16,17). The molecule has 0 fully saturated rings. The molecule has 1 heterocycles. The van der Waals surface area contributed by atoms with E-state index >= 15 is 0 Å².